The van der Waals surface area contributed by atoms with Crippen molar-refractivity contribution in [3.63, 3.8) is 0 Å². The van der Waals surface area contributed by atoms with Crippen molar-refractivity contribution in [1.29, 1.82) is 0 Å². The maximum absolute atomic E-state index is 10.4. The van der Waals surface area contributed by atoms with Gasteiger partial charge in [0.05, 0.1) is 0 Å². The summed E-state index contributed by atoms with van der Waals surface area (Å²) in [6, 6.07) is 0. The van der Waals surface area contributed by atoms with Gasteiger partial charge < -0.3 is 31.2 Å². The first-order chi connectivity index (χ1) is 9.91. The van der Waals surface area contributed by atoms with Crippen LogP contribution in [0.25, 0.3) is 0 Å². The van der Waals surface area contributed by atoms with Crippen LogP contribution in [0.4, 0.5) is 0 Å². The van der Waals surface area contributed by atoms with Crippen molar-refractivity contribution >= 4 is 11.9 Å². The second kappa shape index (κ2) is 9.57. The quantitative estimate of drug-likeness (QED) is 0.379. The van der Waals surface area contributed by atoms with Gasteiger partial charge in [-0.3, -0.25) is 9.59 Å². The molecule has 0 bridgehead atoms. The van der Waals surface area contributed by atoms with Crippen molar-refractivity contribution in [3.8, 4) is 0 Å². The standard InChI is InChI=1S/C7H16N2O2.C6H8O4.Pt/c1-2-7-10-5(3-8)6(4-9)11-7;7-4(8)6(5(9)10)2-1-3-6;/h5-7H,2-4,8-9H2,1H3;1-3H2,(H,7,8)(H,9,10);/t5-,6-;;/m1../s1. The molecular formula is C13H24N2O6Pt. The summed E-state index contributed by atoms with van der Waals surface area (Å²) < 4.78 is 10.9. The summed E-state index contributed by atoms with van der Waals surface area (Å²) >= 11 is 0. The fourth-order valence-electron chi connectivity index (χ4n) is 2.25. The number of ether oxygens (including phenoxy) is 2. The molecule has 2 aliphatic rings. The summed E-state index contributed by atoms with van der Waals surface area (Å²) in [5.74, 6) is -2.41. The molecule has 0 radical (unpaired) electrons. The van der Waals surface area contributed by atoms with Crippen LogP contribution < -0.4 is 11.5 Å². The summed E-state index contributed by atoms with van der Waals surface area (Å²) in [7, 11) is 0. The Morgan fingerprint density at radius 1 is 1.09 bits per heavy atom. The molecule has 2 rings (SSSR count). The van der Waals surface area contributed by atoms with Crippen molar-refractivity contribution in [2.75, 3.05) is 13.1 Å². The smallest absolute Gasteiger partial charge is 0.321 e. The molecule has 0 aromatic rings. The van der Waals surface area contributed by atoms with Crippen LogP contribution >= 0.6 is 0 Å². The number of nitrogens with two attached hydrogens (primary N) is 2. The number of hydrogen-bond acceptors (Lipinski definition) is 6. The first kappa shape index (κ1) is 21.5. The fourth-order valence-corrected chi connectivity index (χ4v) is 2.25. The molecule has 0 spiro atoms. The summed E-state index contributed by atoms with van der Waals surface area (Å²) in [4.78, 5) is 20.7. The van der Waals surface area contributed by atoms with Gasteiger partial charge >= 0.3 is 11.9 Å². The van der Waals surface area contributed by atoms with E-state index >= 15 is 0 Å². The third-order valence-electron chi connectivity index (χ3n) is 3.89. The Hall–Kier alpha value is -0.532. The number of aliphatic carboxylic acids is 2. The minimum atomic E-state index is -1.44. The van der Waals surface area contributed by atoms with Crippen molar-refractivity contribution in [2.45, 2.75) is 51.1 Å². The number of carboxylic acid groups (broad SMARTS) is 2. The minimum absolute atomic E-state index is 0. The van der Waals surface area contributed by atoms with Crippen molar-refractivity contribution in [3.05, 3.63) is 0 Å². The third-order valence-corrected chi connectivity index (χ3v) is 3.89. The fraction of sp³-hybridized carbons (Fsp3) is 0.846. The molecule has 22 heavy (non-hydrogen) atoms. The Kier molecular flexibility index (Phi) is 9.34. The van der Waals surface area contributed by atoms with Crippen molar-refractivity contribution in [1.82, 2.24) is 0 Å². The van der Waals surface area contributed by atoms with E-state index < -0.39 is 17.4 Å². The van der Waals surface area contributed by atoms with Gasteiger partial charge in [0, 0.05) is 34.2 Å². The molecule has 132 valence electrons. The average molecular weight is 499 g/mol. The van der Waals surface area contributed by atoms with Gasteiger partial charge in [-0.2, -0.15) is 0 Å². The molecule has 6 N–H and O–H groups in total. The third kappa shape index (κ3) is 4.73. The van der Waals surface area contributed by atoms with E-state index in [2.05, 4.69) is 0 Å². The van der Waals surface area contributed by atoms with Crippen LogP contribution in [-0.4, -0.2) is 53.7 Å². The SMILES string of the molecule is CCC1O[C@H](CN)[C@@H](CN)O1.O=C(O)C1(C(=O)O)CCC1.[Pt]. The van der Waals surface area contributed by atoms with E-state index in [1.807, 2.05) is 6.92 Å². The average Bonchev–Trinajstić information content (AvgIpc) is 2.79. The zero-order valence-corrected chi connectivity index (χ0v) is 14.7. The van der Waals surface area contributed by atoms with Crippen LogP contribution in [0, 0.1) is 5.41 Å². The Morgan fingerprint density at radius 2 is 1.50 bits per heavy atom. The van der Waals surface area contributed by atoms with Crippen LogP contribution in [0.15, 0.2) is 0 Å². The van der Waals surface area contributed by atoms with Crippen LogP contribution in [0.5, 0.6) is 0 Å². The topological polar surface area (TPSA) is 145 Å². The number of rotatable bonds is 5. The van der Waals surface area contributed by atoms with E-state index in [9.17, 15) is 9.59 Å². The predicted molar refractivity (Wildman–Crippen MR) is 73.5 cm³/mol. The molecule has 1 heterocycles. The zero-order chi connectivity index (χ0) is 16.0. The molecule has 2 fully saturated rings. The van der Waals surface area contributed by atoms with E-state index in [1.165, 1.54) is 0 Å². The van der Waals surface area contributed by atoms with E-state index in [4.69, 9.17) is 31.2 Å². The second-order valence-corrected chi connectivity index (χ2v) is 5.20. The predicted octanol–water partition coefficient (Wildman–Crippen LogP) is -0.253. The minimum Gasteiger partial charge on any atom is -0.480 e. The molecule has 9 heteroatoms. The Labute approximate surface area is 143 Å². The molecule has 1 aliphatic heterocycles. The maximum atomic E-state index is 10.4. The zero-order valence-electron chi connectivity index (χ0n) is 12.5. The molecule has 1 saturated heterocycles. The molecule has 0 unspecified atom stereocenters. The first-order valence-corrected chi connectivity index (χ1v) is 7.09. The van der Waals surface area contributed by atoms with Gasteiger partial charge in [-0.15, -0.1) is 0 Å². The van der Waals surface area contributed by atoms with Gasteiger partial charge in [0.25, 0.3) is 0 Å². The number of hydrogen-bond donors (Lipinski definition) is 4. The first-order valence-electron chi connectivity index (χ1n) is 7.09. The van der Waals surface area contributed by atoms with Crippen LogP contribution in [0.3, 0.4) is 0 Å². The molecule has 0 amide bonds. The Bertz CT molecular complexity index is 350. The summed E-state index contributed by atoms with van der Waals surface area (Å²) in [5, 5.41) is 16.9. The number of carbonyl (C=O) groups is 2. The maximum Gasteiger partial charge on any atom is 0.321 e. The van der Waals surface area contributed by atoms with Gasteiger partial charge in [-0.25, -0.2) is 0 Å². The normalized spacial score (nSPS) is 26.1. The van der Waals surface area contributed by atoms with Crippen LogP contribution in [-0.2, 0) is 40.1 Å². The van der Waals surface area contributed by atoms with Crippen LogP contribution in [0.2, 0.25) is 0 Å². The summed E-state index contributed by atoms with van der Waals surface area (Å²) in [6.07, 6.45) is 1.99. The Morgan fingerprint density at radius 3 is 1.64 bits per heavy atom. The molecular weight excluding hydrogens is 475 g/mol. The molecule has 0 aromatic heterocycles. The van der Waals surface area contributed by atoms with Gasteiger partial charge in [0.2, 0.25) is 0 Å². The summed E-state index contributed by atoms with van der Waals surface area (Å²) in [5.41, 5.74) is 9.47. The van der Waals surface area contributed by atoms with Crippen LogP contribution in [0.1, 0.15) is 32.6 Å². The van der Waals surface area contributed by atoms with Gasteiger partial charge in [-0.05, 0) is 25.7 Å². The van der Waals surface area contributed by atoms with E-state index in [0.29, 0.717) is 19.5 Å². The van der Waals surface area contributed by atoms with E-state index in [0.717, 1.165) is 6.42 Å². The van der Waals surface area contributed by atoms with Crippen molar-refractivity contribution < 1.29 is 50.3 Å². The van der Waals surface area contributed by atoms with E-state index in [1.54, 1.807) is 0 Å². The van der Waals surface area contributed by atoms with Gasteiger partial charge in [-0.1, -0.05) is 6.92 Å². The molecule has 8 nitrogen and oxygen atoms in total. The molecule has 0 aromatic carbocycles. The summed E-state index contributed by atoms with van der Waals surface area (Å²) in [6.45, 7) is 2.98. The Balaban J connectivity index is 0.000000385. The largest absolute Gasteiger partial charge is 0.480 e. The van der Waals surface area contributed by atoms with Crippen molar-refractivity contribution in [2.24, 2.45) is 16.9 Å². The molecule has 2 atom stereocenters. The molecule has 1 saturated carbocycles. The van der Waals surface area contributed by atoms with Gasteiger partial charge in [0.15, 0.2) is 11.7 Å². The monoisotopic (exact) mass is 499 g/mol. The van der Waals surface area contributed by atoms with E-state index in [-0.39, 0.29) is 52.4 Å². The number of carboxylic acids is 2. The van der Waals surface area contributed by atoms with Gasteiger partial charge in [0.1, 0.15) is 12.2 Å². The second-order valence-electron chi connectivity index (χ2n) is 5.20. The molecule has 1 aliphatic carbocycles.